The van der Waals surface area contributed by atoms with Gasteiger partial charge in [0.15, 0.2) is 0 Å². The molecule has 5 heteroatoms. The summed E-state index contributed by atoms with van der Waals surface area (Å²) in [4.78, 5) is 14.2. The van der Waals surface area contributed by atoms with E-state index in [1.807, 2.05) is 30.3 Å². The Morgan fingerprint density at radius 3 is 2.52 bits per heavy atom. The van der Waals surface area contributed by atoms with Gasteiger partial charge in [-0.2, -0.15) is 0 Å². The molecule has 0 bridgehead atoms. The summed E-state index contributed by atoms with van der Waals surface area (Å²) >= 11 is 9.24. The molecular formula is C16H14BrClFNO. The zero-order valence-electron chi connectivity index (χ0n) is 11.2. The smallest absolute Gasteiger partial charge is 0.255 e. The molecule has 1 amide bonds. The minimum absolute atomic E-state index is 0.130. The van der Waals surface area contributed by atoms with E-state index >= 15 is 0 Å². The van der Waals surface area contributed by atoms with Crippen molar-refractivity contribution in [2.24, 2.45) is 0 Å². The predicted octanol–water partition coefficient (Wildman–Crippen LogP) is 4.52. The highest BCUT2D eigenvalue weighted by atomic mass is 79.9. The SMILES string of the molecule is O=C(c1cccc(F)c1Cl)N(CCBr)Cc1ccccc1. The summed E-state index contributed by atoms with van der Waals surface area (Å²) in [6.07, 6.45) is 0. The molecule has 0 spiro atoms. The lowest BCUT2D eigenvalue weighted by atomic mass is 10.1. The fraction of sp³-hybridized carbons (Fsp3) is 0.188. The summed E-state index contributed by atoms with van der Waals surface area (Å²) in [5.74, 6) is -0.858. The number of hydrogen-bond donors (Lipinski definition) is 0. The molecule has 21 heavy (non-hydrogen) atoms. The first-order chi connectivity index (χ1) is 10.1. The average molecular weight is 371 g/mol. The lowest BCUT2D eigenvalue weighted by Gasteiger charge is -2.22. The van der Waals surface area contributed by atoms with Gasteiger partial charge < -0.3 is 4.90 Å². The van der Waals surface area contributed by atoms with Gasteiger partial charge >= 0.3 is 0 Å². The molecule has 0 heterocycles. The van der Waals surface area contributed by atoms with Crippen LogP contribution in [0.3, 0.4) is 0 Å². The maximum atomic E-state index is 13.5. The quantitative estimate of drug-likeness (QED) is 0.709. The molecule has 0 saturated carbocycles. The molecule has 0 N–H and O–H groups in total. The van der Waals surface area contributed by atoms with Crippen molar-refractivity contribution in [3.05, 3.63) is 70.5 Å². The second-order valence-corrected chi connectivity index (χ2v) is 5.67. The van der Waals surface area contributed by atoms with E-state index in [1.165, 1.54) is 12.1 Å². The summed E-state index contributed by atoms with van der Waals surface area (Å²) < 4.78 is 13.5. The maximum Gasteiger partial charge on any atom is 0.255 e. The molecule has 2 nitrogen and oxygen atoms in total. The number of halogens is 3. The van der Waals surface area contributed by atoms with Gasteiger partial charge in [0.2, 0.25) is 0 Å². The van der Waals surface area contributed by atoms with Crippen molar-refractivity contribution in [2.45, 2.75) is 6.54 Å². The predicted molar refractivity (Wildman–Crippen MR) is 86.4 cm³/mol. The topological polar surface area (TPSA) is 20.3 Å². The minimum Gasteiger partial charge on any atom is -0.333 e. The molecule has 0 aliphatic heterocycles. The van der Waals surface area contributed by atoms with Gasteiger partial charge in [-0.3, -0.25) is 4.79 Å². The summed E-state index contributed by atoms with van der Waals surface area (Å²) in [6.45, 7) is 0.971. The third-order valence-corrected chi connectivity index (χ3v) is 3.78. The normalized spacial score (nSPS) is 10.4. The molecule has 0 fully saturated rings. The highest BCUT2D eigenvalue weighted by Crippen LogP contribution is 2.22. The third kappa shape index (κ3) is 4.05. The number of benzene rings is 2. The zero-order chi connectivity index (χ0) is 15.2. The number of nitrogens with zero attached hydrogens (tertiary/aromatic N) is 1. The van der Waals surface area contributed by atoms with E-state index in [4.69, 9.17) is 11.6 Å². The molecule has 2 aromatic rings. The van der Waals surface area contributed by atoms with Crippen LogP contribution in [-0.4, -0.2) is 22.7 Å². The Morgan fingerprint density at radius 1 is 1.14 bits per heavy atom. The van der Waals surface area contributed by atoms with E-state index in [9.17, 15) is 9.18 Å². The number of carbonyl (C=O) groups excluding carboxylic acids is 1. The van der Waals surface area contributed by atoms with Gasteiger partial charge in [0.1, 0.15) is 5.82 Å². The van der Waals surface area contributed by atoms with Crippen LogP contribution >= 0.6 is 27.5 Å². The standard InChI is InChI=1S/C16H14BrClFNO/c17-9-10-20(11-12-5-2-1-3-6-12)16(21)13-7-4-8-14(19)15(13)18/h1-8H,9-11H2. The van der Waals surface area contributed by atoms with Gasteiger partial charge in [0.25, 0.3) is 5.91 Å². The Labute approximate surface area is 136 Å². The van der Waals surface area contributed by atoms with E-state index in [2.05, 4.69) is 15.9 Å². The van der Waals surface area contributed by atoms with E-state index in [1.54, 1.807) is 11.0 Å². The van der Waals surface area contributed by atoms with Crippen molar-refractivity contribution < 1.29 is 9.18 Å². The largest absolute Gasteiger partial charge is 0.333 e. The maximum absolute atomic E-state index is 13.5. The molecule has 0 unspecified atom stereocenters. The van der Waals surface area contributed by atoms with Gasteiger partial charge in [-0.05, 0) is 17.7 Å². The lowest BCUT2D eigenvalue weighted by Crippen LogP contribution is -2.32. The molecule has 0 aliphatic rings. The Morgan fingerprint density at radius 2 is 1.86 bits per heavy atom. The second-order valence-electron chi connectivity index (χ2n) is 4.50. The van der Waals surface area contributed by atoms with Crippen LogP contribution in [0.1, 0.15) is 15.9 Å². The molecule has 2 aromatic carbocycles. The van der Waals surface area contributed by atoms with Crippen LogP contribution < -0.4 is 0 Å². The van der Waals surface area contributed by atoms with Crippen LogP contribution in [-0.2, 0) is 6.54 Å². The van der Waals surface area contributed by atoms with Gasteiger partial charge in [0, 0.05) is 18.4 Å². The molecule has 0 atom stereocenters. The molecule has 0 aromatic heterocycles. The van der Waals surface area contributed by atoms with Crippen LogP contribution in [0.5, 0.6) is 0 Å². The zero-order valence-corrected chi connectivity index (χ0v) is 13.6. The Bertz CT molecular complexity index is 621. The molecule has 0 aliphatic carbocycles. The Kier molecular flexibility index (Phi) is 5.76. The molecule has 0 saturated heterocycles. The highest BCUT2D eigenvalue weighted by Gasteiger charge is 2.19. The number of hydrogen-bond acceptors (Lipinski definition) is 1. The van der Waals surface area contributed by atoms with Crippen LogP contribution in [0.25, 0.3) is 0 Å². The first-order valence-corrected chi connectivity index (χ1v) is 7.96. The van der Waals surface area contributed by atoms with Crippen molar-refractivity contribution in [1.82, 2.24) is 4.90 Å². The van der Waals surface area contributed by atoms with Crippen molar-refractivity contribution in [1.29, 1.82) is 0 Å². The number of amides is 1. The van der Waals surface area contributed by atoms with Crippen LogP contribution in [0, 0.1) is 5.82 Å². The van der Waals surface area contributed by atoms with E-state index in [0.717, 1.165) is 5.56 Å². The molecular weight excluding hydrogens is 357 g/mol. The average Bonchev–Trinajstić information content (AvgIpc) is 2.50. The molecule has 2 rings (SSSR count). The van der Waals surface area contributed by atoms with Gasteiger partial charge in [-0.25, -0.2) is 4.39 Å². The fourth-order valence-corrected chi connectivity index (χ4v) is 2.63. The number of carbonyl (C=O) groups is 1. The van der Waals surface area contributed by atoms with E-state index < -0.39 is 5.82 Å². The minimum atomic E-state index is -0.582. The Balaban J connectivity index is 2.25. The molecule has 110 valence electrons. The summed E-state index contributed by atoms with van der Waals surface area (Å²) in [7, 11) is 0. The van der Waals surface area contributed by atoms with Gasteiger partial charge in [-0.15, -0.1) is 0 Å². The van der Waals surface area contributed by atoms with Crippen LogP contribution in [0.4, 0.5) is 4.39 Å². The van der Waals surface area contributed by atoms with Crippen molar-refractivity contribution in [3.8, 4) is 0 Å². The number of rotatable bonds is 5. The summed E-state index contributed by atoms with van der Waals surface area (Å²) in [5.41, 5.74) is 1.20. The summed E-state index contributed by atoms with van der Waals surface area (Å²) in [5, 5.41) is 0.508. The summed E-state index contributed by atoms with van der Waals surface area (Å²) in [6, 6.07) is 13.9. The highest BCUT2D eigenvalue weighted by molar-refractivity contribution is 9.09. The van der Waals surface area contributed by atoms with Gasteiger partial charge in [-0.1, -0.05) is 63.9 Å². The Hall–Kier alpha value is -1.39. The van der Waals surface area contributed by atoms with Gasteiger partial charge in [0.05, 0.1) is 10.6 Å². The number of alkyl halides is 1. The van der Waals surface area contributed by atoms with Crippen LogP contribution in [0.15, 0.2) is 48.5 Å². The second kappa shape index (κ2) is 7.57. The monoisotopic (exact) mass is 369 g/mol. The van der Waals surface area contributed by atoms with Crippen molar-refractivity contribution in [3.63, 3.8) is 0 Å². The van der Waals surface area contributed by atoms with Crippen molar-refractivity contribution >= 4 is 33.4 Å². The third-order valence-electron chi connectivity index (χ3n) is 3.04. The van der Waals surface area contributed by atoms with Crippen molar-refractivity contribution in [2.75, 3.05) is 11.9 Å². The van der Waals surface area contributed by atoms with E-state index in [0.29, 0.717) is 18.4 Å². The van der Waals surface area contributed by atoms with Crippen LogP contribution in [0.2, 0.25) is 5.02 Å². The fourth-order valence-electron chi connectivity index (χ4n) is 2.00. The lowest BCUT2D eigenvalue weighted by molar-refractivity contribution is 0.0754. The molecule has 0 radical (unpaired) electrons. The van der Waals surface area contributed by atoms with E-state index in [-0.39, 0.29) is 16.5 Å². The first kappa shape index (κ1) is 16.0. The first-order valence-electron chi connectivity index (χ1n) is 6.46.